The van der Waals surface area contributed by atoms with E-state index in [0.29, 0.717) is 6.17 Å². The number of likely N-dealkylation sites (N-methyl/N-ethyl adjacent to an activating group) is 1. The standard InChI is InChI=1S/C23H45N2O/c1-3-5-6-7-8-9-10-11-12-13-14-15-16-17-18-23-24-19-20-25(23,4-2)21-22-26/h3,19,23,26H,1,4-18,20-22H2,2H3/q+1. The zero-order chi connectivity index (χ0) is 18.9. The number of aliphatic imine (C=N–C) groups is 1. The summed E-state index contributed by atoms with van der Waals surface area (Å²) in [6, 6.07) is 0. The third kappa shape index (κ3) is 9.32. The van der Waals surface area contributed by atoms with Gasteiger partial charge in [-0.25, -0.2) is 4.99 Å². The number of hydrogen-bond acceptors (Lipinski definition) is 2. The van der Waals surface area contributed by atoms with Crippen LogP contribution in [-0.2, 0) is 0 Å². The number of rotatable bonds is 18. The van der Waals surface area contributed by atoms with Gasteiger partial charge in [-0.2, -0.15) is 0 Å². The zero-order valence-corrected chi connectivity index (χ0v) is 17.5. The average molecular weight is 366 g/mol. The molecule has 1 aliphatic rings. The smallest absolute Gasteiger partial charge is 0.182 e. The first-order chi connectivity index (χ1) is 12.8. The van der Waals surface area contributed by atoms with E-state index in [0.717, 1.165) is 24.1 Å². The lowest BCUT2D eigenvalue weighted by Gasteiger charge is -2.37. The van der Waals surface area contributed by atoms with Crippen LogP contribution in [0, 0.1) is 0 Å². The molecule has 0 saturated heterocycles. The fourth-order valence-corrected chi connectivity index (χ4v) is 4.26. The molecule has 1 aliphatic heterocycles. The van der Waals surface area contributed by atoms with Crippen LogP contribution in [0.1, 0.15) is 96.8 Å². The van der Waals surface area contributed by atoms with Gasteiger partial charge in [0.25, 0.3) is 0 Å². The largest absolute Gasteiger partial charge is 0.391 e. The second-order valence-electron chi connectivity index (χ2n) is 8.09. The van der Waals surface area contributed by atoms with Crippen LogP contribution in [0.2, 0.25) is 0 Å². The normalized spacial score (nSPS) is 22.2. The summed E-state index contributed by atoms with van der Waals surface area (Å²) in [7, 11) is 0. The van der Waals surface area contributed by atoms with E-state index in [-0.39, 0.29) is 6.61 Å². The lowest BCUT2D eigenvalue weighted by Crippen LogP contribution is -2.53. The van der Waals surface area contributed by atoms with Crippen LogP contribution < -0.4 is 0 Å². The van der Waals surface area contributed by atoms with E-state index >= 15 is 0 Å². The van der Waals surface area contributed by atoms with E-state index in [4.69, 9.17) is 4.99 Å². The fourth-order valence-electron chi connectivity index (χ4n) is 4.26. The van der Waals surface area contributed by atoms with Gasteiger partial charge >= 0.3 is 0 Å². The first kappa shape index (κ1) is 23.4. The van der Waals surface area contributed by atoms with Gasteiger partial charge in [-0.05, 0) is 26.2 Å². The third-order valence-electron chi connectivity index (χ3n) is 6.15. The molecule has 26 heavy (non-hydrogen) atoms. The van der Waals surface area contributed by atoms with Gasteiger partial charge in [0.1, 0.15) is 13.1 Å². The van der Waals surface area contributed by atoms with Gasteiger partial charge in [0, 0.05) is 6.42 Å². The van der Waals surface area contributed by atoms with Crippen molar-refractivity contribution < 1.29 is 9.59 Å². The quantitative estimate of drug-likeness (QED) is 0.184. The van der Waals surface area contributed by atoms with Crippen molar-refractivity contribution in [2.24, 2.45) is 4.99 Å². The Morgan fingerprint density at radius 1 is 0.962 bits per heavy atom. The first-order valence-electron chi connectivity index (χ1n) is 11.4. The molecule has 0 aromatic rings. The minimum Gasteiger partial charge on any atom is -0.391 e. The van der Waals surface area contributed by atoms with Crippen molar-refractivity contribution in [3.63, 3.8) is 0 Å². The number of allylic oxidation sites excluding steroid dienone is 1. The molecule has 0 saturated carbocycles. The van der Waals surface area contributed by atoms with E-state index < -0.39 is 0 Å². The van der Waals surface area contributed by atoms with Crippen molar-refractivity contribution in [2.75, 3.05) is 26.2 Å². The minimum absolute atomic E-state index is 0.280. The summed E-state index contributed by atoms with van der Waals surface area (Å²) >= 11 is 0. The molecule has 152 valence electrons. The van der Waals surface area contributed by atoms with Crippen molar-refractivity contribution in [3.05, 3.63) is 12.7 Å². The van der Waals surface area contributed by atoms with Gasteiger partial charge in [-0.3, -0.25) is 4.48 Å². The highest BCUT2D eigenvalue weighted by atomic mass is 16.3. The van der Waals surface area contributed by atoms with E-state index in [1.165, 1.54) is 89.9 Å². The molecule has 0 aromatic heterocycles. The van der Waals surface area contributed by atoms with Crippen LogP contribution in [0.4, 0.5) is 0 Å². The molecule has 2 unspecified atom stereocenters. The monoisotopic (exact) mass is 365 g/mol. The van der Waals surface area contributed by atoms with Crippen LogP contribution in [0.3, 0.4) is 0 Å². The van der Waals surface area contributed by atoms with Gasteiger partial charge in [-0.1, -0.05) is 70.3 Å². The maximum absolute atomic E-state index is 9.36. The molecule has 1 N–H and O–H groups in total. The summed E-state index contributed by atoms with van der Waals surface area (Å²) in [5, 5.41) is 9.36. The predicted octanol–water partition coefficient (Wildman–Crippen LogP) is 5.87. The van der Waals surface area contributed by atoms with Gasteiger partial charge in [0.05, 0.1) is 19.4 Å². The number of nitrogens with zero attached hydrogens (tertiary/aromatic N) is 2. The first-order valence-corrected chi connectivity index (χ1v) is 11.4. The number of unbranched alkanes of at least 4 members (excludes halogenated alkanes) is 12. The summed E-state index contributed by atoms with van der Waals surface area (Å²) in [5.41, 5.74) is 0. The molecule has 3 heteroatoms. The highest BCUT2D eigenvalue weighted by Gasteiger charge is 2.36. The second kappa shape index (κ2) is 15.4. The Morgan fingerprint density at radius 3 is 2.00 bits per heavy atom. The number of aliphatic hydroxyl groups is 1. The van der Waals surface area contributed by atoms with Crippen molar-refractivity contribution in [1.29, 1.82) is 0 Å². The fraction of sp³-hybridized carbons (Fsp3) is 0.870. The number of hydrogen-bond donors (Lipinski definition) is 1. The van der Waals surface area contributed by atoms with Gasteiger partial charge in [-0.15, -0.1) is 6.58 Å². The predicted molar refractivity (Wildman–Crippen MR) is 115 cm³/mol. The van der Waals surface area contributed by atoms with Crippen LogP contribution in [0.25, 0.3) is 0 Å². The van der Waals surface area contributed by atoms with E-state index in [1.54, 1.807) is 0 Å². The minimum atomic E-state index is 0.280. The van der Waals surface area contributed by atoms with E-state index in [2.05, 4.69) is 19.7 Å². The molecule has 1 heterocycles. The van der Waals surface area contributed by atoms with Crippen molar-refractivity contribution in [3.8, 4) is 0 Å². The molecule has 1 rings (SSSR count). The van der Waals surface area contributed by atoms with Crippen LogP contribution in [0.15, 0.2) is 17.6 Å². The number of aliphatic hydroxyl groups excluding tert-OH is 1. The summed E-state index contributed by atoms with van der Waals surface area (Å²) in [6.45, 7) is 9.24. The Bertz CT molecular complexity index is 369. The Hall–Kier alpha value is -0.670. The lowest BCUT2D eigenvalue weighted by molar-refractivity contribution is -0.936. The van der Waals surface area contributed by atoms with Crippen molar-refractivity contribution in [1.82, 2.24) is 0 Å². The SMILES string of the molecule is C=CCCCCCCCCCCCCCCC1N=CC[N+]1(CC)CCO. The molecule has 0 amide bonds. The summed E-state index contributed by atoms with van der Waals surface area (Å²) in [6.07, 6.45) is 23.5. The average Bonchev–Trinajstić information content (AvgIpc) is 3.05. The summed E-state index contributed by atoms with van der Waals surface area (Å²) in [5.74, 6) is 0. The van der Waals surface area contributed by atoms with Gasteiger partial charge in [0.2, 0.25) is 0 Å². The maximum atomic E-state index is 9.36. The molecule has 2 atom stereocenters. The molecular formula is C23H45N2O+. The number of quaternary nitrogens is 1. The van der Waals surface area contributed by atoms with Crippen LogP contribution in [-0.4, -0.2) is 48.2 Å². The Kier molecular flexibility index (Phi) is 13.8. The molecule has 3 nitrogen and oxygen atoms in total. The highest BCUT2D eigenvalue weighted by molar-refractivity contribution is 5.60. The van der Waals surface area contributed by atoms with Gasteiger partial charge in [0.15, 0.2) is 6.17 Å². The summed E-state index contributed by atoms with van der Waals surface area (Å²) < 4.78 is 0.976. The van der Waals surface area contributed by atoms with E-state index in [1.807, 2.05) is 6.08 Å². The van der Waals surface area contributed by atoms with Crippen LogP contribution in [0.5, 0.6) is 0 Å². The van der Waals surface area contributed by atoms with Gasteiger partial charge < -0.3 is 5.11 Å². The summed E-state index contributed by atoms with van der Waals surface area (Å²) in [4.78, 5) is 4.71. The second-order valence-corrected chi connectivity index (χ2v) is 8.09. The molecule has 0 spiro atoms. The molecule has 0 fully saturated rings. The van der Waals surface area contributed by atoms with E-state index in [9.17, 15) is 5.11 Å². The lowest BCUT2D eigenvalue weighted by atomic mass is 10.0. The zero-order valence-electron chi connectivity index (χ0n) is 17.5. The third-order valence-corrected chi connectivity index (χ3v) is 6.15. The maximum Gasteiger partial charge on any atom is 0.182 e. The highest BCUT2D eigenvalue weighted by Crippen LogP contribution is 2.24. The Morgan fingerprint density at radius 2 is 1.50 bits per heavy atom. The Labute approximate surface area is 163 Å². The molecule has 0 radical (unpaired) electrons. The van der Waals surface area contributed by atoms with Crippen molar-refractivity contribution >= 4 is 6.21 Å². The molecule has 0 aliphatic carbocycles. The Balaban J connectivity index is 1.90. The molecule has 0 aromatic carbocycles. The molecule has 0 bridgehead atoms. The molecular weight excluding hydrogens is 320 g/mol. The topological polar surface area (TPSA) is 32.6 Å². The van der Waals surface area contributed by atoms with Crippen molar-refractivity contribution in [2.45, 2.75) is 103 Å². The van der Waals surface area contributed by atoms with Crippen LogP contribution >= 0.6 is 0 Å².